The van der Waals surface area contributed by atoms with Crippen molar-refractivity contribution in [3.05, 3.63) is 83.4 Å². The number of fused-ring (bicyclic) bond motifs is 1. The molecule has 30 heavy (non-hydrogen) atoms. The Labute approximate surface area is 176 Å². The number of benzene rings is 3. The van der Waals surface area contributed by atoms with E-state index < -0.39 is 0 Å². The van der Waals surface area contributed by atoms with Gasteiger partial charge < -0.3 is 19.5 Å². The summed E-state index contributed by atoms with van der Waals surface area (Å²) in [4.78, 5) is 12.5. The number of anilines is 1. The van der Waals surface area contributed by atoms with Crippen molar-refractivity contribution in [2.24, 2.45) is 0 Å². The maximum absolute atomic E-state index is 12.5. The fraction of sp³-hybridized carbons (Fsp3) is 0.240. The van der Waals surface area contributed by atoms with E-state index in [-0.39, 0.29) is 18.1 Å². The largest absolute Gasteiger partial charge is 0.489 e. The van der Waals surface area contributed by atoms with Gasteiger partial charge in [-0.25, -0.2) is 0 Å². The Morgan fingerprint density at radius 2 is 1.63 bits per heavy atom. The summed E-state index contributed by atoms with van der Waals surface area (Å²) in [5, 5.41) is 2.88. The molecule has 5 nitrogen and oxygen atoms in total. The van der Waals surface area contributed by atoms with Crippen molar-refractivity contribution in [1.82, 2.24) is 0 Å². The zero-order valence-electron chi connectivity index (χ0n) is 17.4. The number of amides is 1. The van der Waals surface area contributed by atoms with Crippen LogP contribution in [-0.4, -0.2) is 12.7 Å². The SMILES string of the molecule is CC(C)(C)c1ccc(OCc2ccc(C(=O)Nc3ccc4c(c3)OCO4)cc2)cc1. The molecule has 0 aromatic heterocycles. The Morgan fingerprint density at radius 3 is 2.33 bits per heavy atom. The highest BCUT2D eigenvalue weighted by Crippen LogP contribution is 2.34. The quantitative estimate of drug-likeness (QED) is 0.607. The van der Waals surface area contributed by atoms with Gasteiger partial charge in [-0.1, -0.05) is 45.0 Å². The lowest BCUT2D eigenvalue weighted by Gasteiger charge is -2.19. The average molecular weight is 403 g/mol. The van der Waals surface area contributed by atoms with Crippen LogP contribution in [0.5, 0.6) is 17.2 Å². The summed E-state index contributed by atoms with van der Waals surface area (Å²) in [6.07, 6.45) is 0. The van der Waals surface area contributed by atoms with Crippen molar-refractivity contribution in [2.45, 2.75) is 32.8 Å². The molecule has 0 bridgehead atoms. The summed E-state index contributed by atoms with van der Waals surface area (Å²) in [5.41, 5.74) is 3.62. The maximum atomic E-state index is 12.5. The zero-order chi connectivity index (χ0) is 21.1. The minimum absolute atomic E-state index is 0.121. The second-order valence-corrected chi connectivity index (χ2v) is 8.28. The monoisotopic (exact) mass is 403 g/mol. The predicted molar refractivity (Wildman–Crippen MR) is 116 cm³/mol. The number of nitrogens with one attached hydrogen (secondary N) is 1. The summed E-state index contributed by atoms with van der Waals surface area (Å²) in [7, 11) is 0. The molecule has 1 N–H and O–H groups in total. The van der Waals surface area contributed by atoms with Crippen LogP contribution in [0.4, 0.5) is 5.69 Å². The standard InChI is InChI=1S/C25H25NO4/c1-25(2,3)19-8-11-21(12-9-19)28-15-17-4-6-18(7-5-17)24(27)26-20-10-13-22-23(14-20)30-16-29-22/h4-14H,15-16H2,1-3H3,(H,26,27). The Hall–Kier alpha value is -3.47. The van der Waals surface area contributed by atoms with Crippen LogP contribution in [0.3, 0.4) is 0 Å². The normalized spacial score (nSPS) is 12.5. The predicted octanol–water partition coefficient (Wildman–Crippen LogP) is 5.54. The topological polar surface area (TPSA) is 56.8 Å². The third-order valence-corrected chi connectivity index (χ3v) is 4.97. The van der Waals surface area contributed by atoms with E-state index in [1.807, 2.05) is 24.3 Å². The molecule has 0 aliphatic carbocycles. The molecule has 1 amide bonds. The minimum atomic E-state index is -0.181. The molecule has 3 aromatic rings. The van der Waals surface area contributed by atoms with E-state index in [4.69, 9.17) is 14.2 Å². The Kier molecular flexibility index (Phi) is 5.36. The number of hydrogen-bond acceptors (Lipinski definition) is 4. The van der Waals surface area contributed by atoms with E-state index in [1.165, 1.54) is 5.56 Å². The van der Waals surface area contributed by atoms with Crippen LogP contribution >= 0.6 is 0 Å². The zero-order valence-corrected chi connectivity index (χ0v) is 17.4. The summed E-state index contributed by atoms with van der Waals surface area (Å²) < 4.78 is 16.5. The number of carbonyl (C=O) groups is 1. The van der Waals surface area contributed by atoms with Gasteiger partial charge in [0.1, 0.15) is 12.4 Å². The van der Waals surface area contributed by atoms with Gasteiger partial charge in [0.15, 0.2) is 11.5 Å². The van der Waals surface area contributed by atoms with E-state index in [1.54, 1.807) is 30.3 Å². The van der Waals surface area contributed by atoms with Crippen molar-refractivity contribution in [3.8, 4) is 17.2 Å². The van der Waals surface area contributed by atoms with E-state index >= 15 is 0 Å². The highest BCUT2D eigenvalue weighted by atomic mass is 16.7. The van der Waals surface area contributed by atoms with Crippen LogP contribution in [0.25, 0.3) is 0 Å². The second kappa shape index (κ2) is 8.11. The van der Waals surface area contributed by atoms with E-state index in [0.717, 1.165) is 11.3 Å². The van der Waals surface area contributed by atoms with E-state index in [0.29, 0.717) is 29.4 Å². The number of ether oxygens (including phenoxy) is 3. The molecule has 154 valence electrons. The molecule has 0 saturated heterocycles. The summed E-state index contributed by atoms with van der Waals surface area (Å²) in [5.74, 6) is 1.97. The summed E-state index contributed by atoms with van der Waals surface area (Å²) in [6, 6.07) is 20.9. The first kappa shape index (κ1) is 19.8. The van der Waals surface area contributed by atoms with Crippen LogP contribution in [0.15, 0.2) is 66.7 Å². The van der Waals surface area contributed by atoms with Gasteiger partial charge in [0.2, 0.25) is 6.79 Å². The highest BCUT2D eigenvalue weighted by Gasteiger charge is 2.15. The number of carbonyl (C=O) groups excluding carboxylic acids is 1. The fourth-order valence-electron chi connectivity index (χ4n) is 3.15. The van der Waals surface area contributed by atoms with Crippen LogP contribution in [0.2, 0.25) is 0 Å². The van der Waals surface area contributed by atoms with Crippen LogP contribution < -0.4 is 19.5 Å². The minimum Gasteiger partial charge on any atom is -0.489 e. The van der Waals surface area contributed by atoms with Gasteiger partial charge >= 0.3 is 0 Å². The van der Waals surface area contributed by atoms with E-state index in [2.05, 4.69) is 38.2 Å². The third kappa shape index (κ3) is 4.57. The molecule has 0 atom stereocenters. The molecule has 0 spiro atoms. The Balaban J connectivity index is 1.34. The molecule has 5 heteroatoms. The van der Waals surface area contributed by atoms with Crippen molar-refractivity contribution in [1.29, 1.82) is 0 Å². The first-order valence-corrected chi connectivity index (χ1v) is 9.92. The van der Waals surface area contributed by atoms with Gasteiger partial charge in [-0.15, -0.1) is 0 Å². The lowest BCUT2D eigenvalue weighted by atomic mass is 9.87. The van der Waals surface area contributed by atoms with Crippen LogP contribution in [-0.2, 0) is 12.0 Å². The molecule has 0 radical (unpaired) electrons. The molecule has 0 unspecified atom stereocenters. The van der Waals surface area contributed by atoms with Gasteiger partial charge in [-0.05, 0) is 52.9 Å². The molecule has 1 aliphatic heterocycles. The molecule has 0 fully saturated rings. The van der Waals surface area contributed by atoms with Gasteiger partial charge in [0, 0.05) is 17.3 Å². The fourth-order valence-corrected chi connectivity index (χ4v) is 3.15. The van der Waals surface area contributed by atoms with Crippen LogP contribution in [0, 0.1) is 0 Å². The molecule has 3 aromatic carbocycles. The van der Waals surface area contributed by atoms with Crippen molar-refractivity contribution >= 4 is 11.6 Å². The summed E-state index contributed by atoms with van der Waals surface area (Å²) >= 11 is 0. The molecule has 4 rings (SSSR count). The number of rotatable bonds is 5. The average Bonchev–Trinajstić information content (AvgIpc) is 3.20. The molecule has 0 saturated carbocycles. The summed E-state index contributed by atoms with van der Waals surface area (Å²) in [6.45, 7) is 7.21. The lowest BCUT2D eigenvalue weighted by Crippen LogP contribution is -2.12. The molecular formula is C25H25NO4. The lowest BCUT2D eigenvalue weighted by molar-refractivity contribution is 0.102. The van der Waals surface area contributed by atoms with Gasteiger partial charge in [-0.2, -0.15) is 0 Å². The molecule has 1 heterocycles. The van der Waals surface area contributed by atoms with Crippen molar-refractivity contribution < 1.29 is 19.0 Å². The number of hydrogen-bond donors (Lipinski definition) is 1. The first-order chi connectivity index (χ1) is 14.4. The maximum Gasteiger partial charge on any atom is 0.255 e. The van der Waals surface area contributed by atoms with Gasteiger partial charge in [0.05, 0.1) is 0 Å². The molecular weight excluding hydrogens is 378 g/mol. The second-order valence-electron chi connectivity index (χ2n) is 8.28. The third-order valence-electron chi connectivity index (χ3n) is 4.97. The smallest absolute Gasteiger partial charge is 0.255 e. The molecule has 1 aliphatic rings. The van der Waals surface area contributed by atoms with Crippen molar-refractivity contribution in [3.63, 3.8) is 0 Å². The van der Waals surface area contributed by atoms with Crippen LogP contribution in [0.1, 0.15) is 42.3 Å². The Bertz CT molecular complexity index is 1030. The van der Waals surface area contributed by atoms with Gasteiger partial charge in [0.25, 0.3) is 5.91 Å². The van der Waals surface area contributed by atoms with E-state index in [9.17, 15) is 4.79 Å². The van der Waals surface area contributed by atoms with Crippen molar-refractivity contribution in [2.75, 3.05) is 12.1 Å². The van der Waals surface area contributed by atoms with Gasteiger partial charge in [-0.3, -0.25) is 4.79 Å². The highest BCUT2D eigenvalue weighted by molar-refractivity contribution is 6.04. The Morgan fingerprint density at radius 1 is 0.933 bits per heavy atom. The first-order valence-electron chi connectivity index (χ1n) is 9.92.